The number of nitrogens with two attached hydrogens (primary N) is 1. The van der Waals surface area contributed by atoms with Crippen molar-refractivity contribution in [1.82, 2.24) is 14.8 Å². The van der Waals surface area contributed by atoms with E-state index in [1.165, 1.54) is 0 Å². The first-order valence-electron chi connectivity index (χ1n) is 5.69. The Hall–Kier alpha value is -0.850. The smallest absolute Gasteiger partial charge is 0.333 e. The number of hydrogen-bond acceptors (Lipinski definition) is 4. The Bertz CT molecular complexity index is 272. The van der Waals surface area contributed by atoms with E-state index in [1.807, 2.05) is 0 Å². The van der Waals surface area contributed by atoms with E-state index in [1.54, 1.807) is 11.9 Å². The van der Waals surface area contributed by atoms with Gasteiger partial charge in [-0.1, -0.05) is 0 Å². The zero-order valence-corrected chi connectivity index (χ0v) is 9.93. The maximum absolute atomic E-state index is 11.7. The van der Waals surface area contributed by atoms with Crippen molar-refractivity contribution >= 4 is 6.03 Å². The highest BCUT2D eigenvalue weighted by Gasteiger charge is 2.37. The van der Waals surface area contributed by atoms with Crippen LogP contribution in [-0.4, -0.2) is 73.3 Å². The van der Waals surface area contributed by atoms with Gasteiger partial charge >= 0.3 is 6.03 Å². The first-order valence-corrected chi connectivity index (χ1v) is 5.69. The minimum atomic E-state index is -0.113. The molecule has 2 heterocycles. The summed E-state index contributed by atoms with van der Waals surface area (Å²) in [6.07, 6.45) is 1.17. The number of nitrogens with zero attached hydrogens (tertiary/aromatic N) is 3. The standard InChI is InChI=1S/C10H20N4O2/c1-12-5-6-16-9-3-4-14(7-8(9)12)10(15)13(2)11/h8-9H,3-7,11H2,1-2H3. The molecular weight excluding hydrogens is 208 g/mol. The number of likely N-dealkylation sites (N-methyl/N-ethyl adjacent to an activating group) is 1. The quantitative estimate of drug-likeness (QED) is 0.339. The van der Waals surface area contributed by atoms with Gasteiger partial charge in [0.1, 0.15) is 0 Å². The molecule has 2 aliphatic rings. The first kappa shape index (κ1) is 11.6. The van der Waals surface area contributed by atoms with Crippen molar-refractivity contribution in [3.05, 3.63) is 0 Å². The molecular formula is C10H20N4O2. The van der Waals surface area contributed by atoms with Gasteiger partial charge < -0.3 is 9.64 Å². The van der Waals surface area contributed by atoms with Crippen molar-refractivity contribution in [2.24, 2.45) is 5.84 Å². The van der Waals surface area contributed by atoms with Gasteiger partial charge in [0.05, 0.1) is 18.8 Å². The van der Waals surface area contributed by atoms with Crippen LogP contribution in [0.1, 0.15) is 6.42 Å². The van der Waals surface area contributed by atoms with Gasteiger partial charge in [0.2, 0.25) is 0 Å². The summed E-state index contributed by atoms with van der Waals surface area (Å²) in [5, 5.41) is 1.14. The first-order chi connectivity index (χ1) is 7.59. The number of carbonyl (C=O) groups excluding carboxylic acids is 1. The van der Waals surface area contributed by atoms with E-state index in [4.69, 9.17) is 10.6 Å². The van der Waals surface area contributed by atoms with Crippen LogP contribution in [0.25, 0.3) is 0 Å². The summed E-state index contributed by atoms with van der Waals surface area (Å²) < 4.78 is 5.72. The van der Waals surface area contributed by atoms with Crippen LogP contribution in [0.4, 0.5) is 4.79 Å². The zero-order chi connectivity index (χ0) is 11.7. The molecule has 2 N–H and O–H groups in total. The average molecular weight is 228 g/mol. The fraction of sp³-hybridized carbons (Fsp3) is 0.900. The molecule has 2 amide bonds. The number of piperidine rings is 1. The molecule has 2 fully saturated rings. The van der Waals surface area contributed by atoms with Gasteiger partial charge in [-0.05, 0) is 13.5 Å². The molecule has 0 spiro atoms. The van der Waals surface area contributed by atoms with Crippen LogP contribution in [0.15, 0.2) is 0 Å². The molecule has 6 heteroatoms. The van der Waals surface area contributed by atoms with Crippen molar-refractivity contribution in [3.8, 4) is 0 Å². The number of hydrogen-bond donors (Lipinski definition) is 1. The van der Waals surface area contributed by atoms with Crippen LogP contribution >= 0.6 is 0 Å². The molecule has 0 aromatic heterocycles. The SMILES string of the molecule is CN(N)C(=O)N1CCC2OCCN(C)C2C1. The Morgan fingerprint density at radius 3 is 2.94 bits per heavy atom. The highest BCUT2D eigenvalue weighted by molar-refractivity contribution is 5.73. The predicted molar refractivity (Wildman–Crippen MR) is 59.7 cm³/mol. The Labute approximate surface area is 95.9 Å². The number of morpholine rings is 1. The minimum Gasteiger partial charge on any atom is -0.375 e. The Balaban J connectivity index is 1.99. The van der Waals surface area contributed by atoms with Gasteiger partial charge in [0, 0.05) is 26.7 Å². The number of amides is 2. The number of likely N-dealkylation sites (tertiary alicyclic amines) is 1. The normalized spacial score (nSPS) is 31.1. The maximum Gasteiger partial charge on any atom is 0.333 e. The molecule has 0 bridgehead atoms. The number of urea groups is 1. The van der Waals surface area contributed by atoms with Gasteiger partial charge in [-0.3, -0.25) is 9.91 Å². The summed E-state index contributed by atoms with van der Waals surface area (Å²) in [5.74, 6) is 5.47. The number of carbonyl (C=O) groups is 1. The Morgan fingerprint density at radius 1 is 1.50 bits per heavy atom. The lowest BCUT2D eigenvalue weighted by Gasteiger charge is -2.45. The molecule has 2 aliphatic heterocycles. The second-order valence-electron chi connectivity index (χ2n) is 4.59. The molecule has 0 aromatic carbocycles. The summed E-state index contributed by atoms with van der Waals surface area (Å²) in [5.41, 5.74) is 0. The van der Waals surface area contributed by atoms with Gasteiger partial charge in [-0.15, -0.1) is 0 Å². The second-order valence-corrected chi connectivity index (χ2v) is 4.59. The lowest BCUT2D eigenvalue weighted by molar-refractivity contribution is -0.0893. The summed E-state index contributed by atoms with van der Waals surface area (Å²) in [4.78, 5) is 15.8. The topological polar surface area (TPSA) is 62.0 Å². The van der Waals surface area contributed by atoms with Gasteiger partial charge in [-0.2, -0.15) is 0 Å². The van der Waals surface area contributed by atoms with Crippen LogP contribution < -0.4 is 5.84 Å². The number of rotatable bonds is 0. The molecule has 0 aliphatic carbocycles. The molecule has 2 saturated heterocycles. The van der Waals surface area contributed by atoms with E-state index in [-0.39, 0.29) is 12.1 Å². The molecule has 2 atom stereocenters. The van der Waals surface area contributed by atoms with E-state index in [9.17, 15) is 4.79 Å². The van der Waals surface area contributed by atoms with Crippen LogP contribution in [-0.2, 0) is 4.74 Å². The predicted octanol–water partition coefficient (Wildman–Crippen LogP) is -0.683. The third kappa shape index (κ3) is 2.14. The fourth-order valence-electron chi connectivity index (χ4n) is 2.44. The second kappa shape index (κ2) is 4.57. The lowest BCUT2D eigenvalue weighted by atomic mass is 9.99. The third-order valence-electron chi connectivity index (χ3n) is 3.43. The Kier molecular flexibility index (Phi) is 3.32. The largest absolute Gasteiger partial charge is 0.375 e. The fourth-order valence-corrected chi connectivity index (χ4v) is 2.44. The molecule has 6 nitrogen and oxygen atoms in total. The molecule has 0 aromatic rings. The lowest BCUT2D eigenvalue weighted by Crippen LogP contribution is -2.61. The van der Waals surface area contributed by atoms with Crippen LogP contribution in [0, 0.1) is 0 Å². The molecule has 0 saturated carbocycles. The van der Waals surface area contributed by atoms with E-state index < -0.39 is 0 Å². The highest BCUT2D eigenvalue weighted by atomic mass is 16.5. The van der Waals surface area contributed by atoms with E-state index >= 15 is 0 Å². The van der Waals surface area contributed by atoms with Crippen molar-refractivity contribution < 1.29 is 9.53 Å². The monoisotopic (exact) mass is 228 g/mol. The van der Waals surface area contributed by atoms with Gasteiger partial charge in [0.25, 0.3) is 0 Å². The van der Waals surface area contributed by atoms with Crippen molar-refractivity contribution in [3.63, 3.8) is 0 Å². The molecule has 2 unspecified atom stereocenters. The van der Waals surface area contributed by atoms with E-state index in [0.717, 1.165) is 31.1 Å². The summed E-state index contributed by atoms with van der Waals surface area (Å²) in [7, 11) is 3.66. The number of hydrazine groups is 1. The van der Waals surface area contributed by atoms with Crippen LogP contribution in [0.2, 0.25) is 0 Å². The average Bonchev–Trinajstić information content (AvgIpc) is 2.28. The third-order valence-corrected chi connectivity index (χ3v) is 3.43. The number of fused-ring (bicyclic) bond motifs is 1. The van der Waals surface area contributed by atoms with Crippen LogP contribution in [0.5, 0.6) is 0 Å². The number of ether oxygens (including phenoxy) is 1. The molecule has 92 valence electrons. The molecule has 16 heavy (non-hydrogen) atoms. The summed E-state index contributed by atoms with van der Waals surface area (Å²) in [6, 6.07) is 0.198. The highest BCUT2D eigenvalue weighted by Crippen LogP contribution is 2.22. The van der Waals surface area contributed by atoms with Crippen molar-refractivity contribution in [2.45, 2.75) is 18.6 Å². The van der Waals surface area contributed by atoms with E-state index in [0.29, 0.717) is 12.6 Å². The van der Waals surface area contributed by atoms with Gasteiger partial charge in [-0.25, -0.2) is 10.6 Å². The zero-order valence-electron chi connectivity index (χ0n) is 9.93. The van der Waals surface area contributed by atoms with Gasteiger partial charge in [0.15, 0.2) is 0 Å². The Morgan fingerprint density at radius 2 is 2.25 bits per heavy atom. The minimum absolute atomic E-state index is 0.113. The molecule has 2 rings (SSSR count). The summed E-state index contributed by atoms with van der Waals surface area (Å²) in [6.45, 7) is 3.17. The van der Waals surface area contributed by atoms with Crippen molar-refractivity contribution in [1.29, 1.82) is 0 Å². The molecule has 0 radical (unpaired) electrons. The summed E-state index contributed by atoms with van der Waals surface area (Å²) >= 11 is 0. The maximum atomic E-state index is 11.7. The van der Waals surface area contributed by atoms with E-state index in [2.05, 4.69) is 11.9 Å². The van der Waals surface area contributed by atoms with Crippen LogP contribution in [0.3, 0.4) is 0 Å². The van der Waals surface area contributed by atoms with Crippen molar-refractivity contribution in [2.75, 3.05) is 40.3 Å².